The zero-order chi connectivity index (χ0) is 25.4. The molecule has 3 aromatic heterocycles. The van der Waals surface area contributed by atoms with Gasteiger partial charge in [0.05, 0.1) is 35.4 Å². The zero-order valence-electron chi connectivity index (χ0n) is 20.9. The minimum atomic E-state index is -0.643. The van der Waals surface area contributed by atoms with Crippen LogP contribution in [0.3, 0.4) is 0 Å². The van der Waals surface area contributed by atoms with Crippen LogP contribution in [-0.4, -0.2) is 44.4 Å². The van der Waals surface area contributed by atoms with Crippen molar-refractivity contribution in [1.29, 1.82) is 0 Å². The Morgan fingerprint density at radius 1 is 1.00 bits per heavy atom. The maximum Gasteiger partial charge on any atom is 0.163 e. The van der Waals surface area contributed by atoms with Gasteiger partial charge in [0.15, 0.2) is 5.65 Å². The van der Waals surface area contributed by atoms with E-state index in [1.54, 1.807) is 0 Å². The summed E-state index contributed by atoms with van der Waals surface area (Å²) >= 11 is 0. The highest BCUT2D eigenvalue weighted by molar-refractivity contribution is 5.92. The minimum absolute atomic E-state index is 0.249. The number of hydrogen-bond acceptors (Lipinski definition) is 6. The molecule has 4 aromatic rings. The van der Waals surface area contributed by atoms with E-state index in [2.05, 4.69) is 35.8 Å². The van der Waals surface area contributed by atoms with Crippen molar-refractivity contribution in [1.82, 2.24) is 24.7 Å². The van der Waals surface area contributed by atoms with Crippen LogP contribution in [0.5, 0.6) is 0 Å². The monoisotopic (exact) mass is 504 g/mol. The predicted octanol–water partition coefficient (Wildman–Crippen LogP) is 5.95. The van der Waals surface area contributed by atoms with Gasteiger partial charge < -0.3 is 9.64 Å². The average Bonchev–Trinajstić information content (AvgIpc) is 3.60. The zero-order valence-corrected chi connectivity index (χ0v) is 20.9. The van der Waals surface area contributed by atoms with Crippen molar-refractivity contribution in [3.05, 3.63) is 65.9 Å². The van der Waals surface area contributed by atoms with Gasteiger partial charge in [-0.15, -0.1) is 0 Å². The van der Waals surface area contributed by atoms with Crippen molar-refractivity contribution < 1.29 is 13.5 Å². The molecule has 1 saturated carbocycles. The Labute approximate surface area is 214 Å². The summed E-state index contributed by atoms with van der Waals surface area (Å²) < 4.78 is 35.1. The van der Waals surface area contributed by atoms with E-state index in [0.29, 0.717) is 28.9 Å². The average molecular weight is 505 g/mol. The molecule has 0 spiro atoms. The molecule has 0 bridgehead atoms. The summed E-state index contributed by atoms with van der Waals surface area (Å²) in [5.41, 5.74) is 4.38. The molecule has 9 heteroatoms. The van der Waals surface area contributed by atoms with Crippen LogP contribution in [0.25, 0.3) is 22.3 Å². The van der Waals surface area contributed by atoms with E-state index in [0.717, 1.165) is 50.0 Å². The van der Waals surface area contributed by atoms with E-state index in [-0.39, 0.29) is 5.56 Å². The largest absolute Gasteiger partial charge is 0.373 e. The number of nitrogens with zero attached hydrogens (tertiary/aromatic N) is 6. The Hall–Kier alpha value is -3.46. The van der Waals surface area contributed by atoms with Gasteiger partial charge in [-0.25, -0.2) is 23.7 Å². The van der Waals surface area contributed by atoms with Gasteiger partial charge in [0, 0.05) is 48.5 Å². The van der Waals surface area contributed by atoms with Gasteiger partial charge in [0.1, 0.15) is 18.0 Å². The first kappa shape index (κ1) is 23.9. The number of ether oxygens (including phenoxy) is 1. The first-order chi connectivity index (χ1) is 18.1. The highest BCUT2D eigenvalue weighted by atomic mass is 19.1. The van der Waals surface area contributed by atoms with Gasteiger partial charge in [-0.05, 0) is 63.6 Å². The van der Waals surface area contributed by atoms with E-state index in [1.807, 2.05) is 19.2 Å². The van der Waals surface area contributed by atoms with Gasteiger partial charge in [-0.1, -0.05) is 0 Å². The van der Waals surface area contributed by atoms with E-state index in [9.17, 15) is 8.78 Å². The van der Waals surface area contributed by atoms with Gasteiger partial charge in [0.2, 0.25) is 0 Å². The molecule has 1 aromatic carbocycles. The third-order valence-electron chi connectivity index (χ3n) is 7.27. The topological polar surface area (TPSA) is 69.0 Å². The molecule has 3 fully saturated rings. The van der Waals surface area contributed by atoms with Crippen molar-refractivity contribution >= 4 is 16.7 Å². The Morgan fingerprint density at radius 3 is 2.57 bits per heavy atom. The molecule has 7 nitrogen and oxygen atoms in total. The summed E-state index contributed by atoms with van der Waals surface area (Å²) in [6.45, 7) is 4.83. The fourth-order valence-electron chi connectivity index (χ4n) is 4.90. The van der Waals surface area contributed by atoms with Gasteiger partial charge >= 0.3 is 0 Å². The van der Waals surface area contributed by atoms with Crippen LogP contribution in [0.4, 0.5) is 14.5 Å². The van der Waals surface area contributed by atoms with Crippen molar-refractivity contribution in [2.24, 2.45) is 0 Å². The lowest BCUT2D eigenvalue weighted by atomic mass is 10.0. The van der Waals surface area contributed by atoms with Crippen LogP contribution in [-0.2, 0) is 4.74 Å². The SMILES string of the molecule is Cc1nc2ncnc(-c3ccc(F)cc3F)c2cc1N1CCC1.c1nn(C2CC2)cc1C1CCCCO1. The molecule has 0 amide bonds. The molecule has 1 aliphatic carbocycles. The molecule has 7 rings (SSSR count). The first-order valence-electron chi connectivity index (χ1n) is 13.0. The van der Waals surface area contributed by atoms with Crippen LogP contribution in [0.2, 0.25) is 0 Å². The molecule has 0 radical (unpaired) electrons. The minimum Gasteiger partial charge on any atom is -0.373 e. The second-order valence-corrected chi connectivity index (χ2v) is 9.99. The Morgan fingerprint density at radius 2 is 1.86 bits per heavy atom. The van der Waals surface area contributed by atoms with E-state index >= 15 is 0 Å². The normalized spacial score (nSPS) is 19.3. The number of hydrogen-bond donors (Lipinski definition) is 0. The van der Waals surface area contributed by atoms with E-state index < -0.39 is 11.6 Å². The number of halogens is 2. The van der Waals surface area contributed by atoms with Gasteiger partial charge in [-0.2, -0.15) is 5.10 Å². The molecule has 2 aliphatic heterocycles. The van der Waals surface area contributed by atoms with E-state index in [1.165, 1.54) is 49.7 Å². The number of aryl methyl sites for hydroxylation is 1. The third-order valence-corrected chi connectivity index (χ3v) is 7.27. The lowest BCUT2D eigenvalue weighted by molar-refractivity contribution is 0.0149. The number of pyridine rings is 1. The maximum absolute atomic E-state index is 14.1. The highest BCUT2D eigenvalue weighted by Crippen LogP contribution is 2.36. The summed E-state index contributed by atoms with van der Waals surface area (Å²) in [4.78, 5) is 15.1. The lowest BCUT2D eigenvalue weighted by Gasteiger charge is -2.34. The van der Waals surface area contributed by atoms with Crippen molar-refractivity contribution in [3.63, 3.8) is 0 Å². The number of aromatic nitrogens is 5. The van der Waals surface area contributed by atoms with Crippen LogP contribution < -0.4 is 4.90 Å². The third kappa shape index (κ3) is 5.05. The Balaban J connectivity index is 0.000000153. The number of fused-ring (bicyclic) bond motifs is 1. The van der Waals surface area contributed by atoms with Crippen LogP contribution in [0, 0.1) is 18.6 Å². The molecule has 0 N–H and O–H groups in total. The molecule has 2 saturated heterocycles. The molecule has 1 atom stereocenters. The predicted molar refractivity (Wildman–Crippen MR) is 137 cm³/mol. The summed E-state index contributed by atoms with van der Waals surface area (Å²) in [5, 5.41) is 5.06. The fourth-order valence-corrected chi connectivity index (χ4v) is 4.90. The molecular weight excluding hydrogens is 474 g/mol. The maximum atomic E-state index is 14.1. The standard InChI is InChI=1S/C17H14F2N4.C11H16N2O/c1-10-15(23-5-2-6-23)8-13-16(20-9-21-17(13)22-10)12-4-3-11(18)7-14(12)19;1-2-6-14-11(3-1)9-7-12-13(8-9)10-4-5-10/h3-4,7-9H,2,5-6H2,1H3;7-8,10-11H,1-6H2. The second-order valence-electron chi connectivity index (χ2n) is 9.99. The highest BCUT2D eigenvalue weighted by Gasteiger charge is 2.26. The smallest absolute Gasteiger partial charge is 0.163 e. The van der Waals surface area contributed by atoms with Crippen LogP contribution in [0.1, 0.15) is 61.9 Å². The molecule has 3 aliphatic rings. The van der Waals surface area contributed by atoms with Gasteiger partial charge in [0.25, 0.3) is 0 Å². The quantitative estimate of drug-likeness (QED) is 0.342. The summed E-state index contributed by atoms with van der Waals surface area (Å²) in [6.07, 6.45) is 13.2. The number of anilines is 1. The molecular formula is C28H30F2N6O. The molecule has 37 heavy (non-hydrogen) atoms. The number of benzene rings is 1. The Kier molecular flexibility index (Phi) is 6.54. The van der Waals surface area contributed by atoms with E-state index in [4.69, 9.17) is 4.74 Å². The van der Waals surface area contributed by atoms with Crippen molar-refractivity contribution in [2.75, 3.05) is 24.6 Å². The van der Waals surface area contributed by atoms with Crippen LogP contribution in [0.15, 0.2) is 43.0 Å². The summed E-state index contributed by atoms with van der Waals surface area (Å²) in [7, 11) is 0. The van der Waals surface area contributed by atoms with Gasteiger partial charge in [-0.3, -0.25) is 4.68 Å². The lowest BCUT2D eigenvalue weighted by Crippen LogP contribution is -2.37. The van der Waals surface area contributed by atoms with Crippen molar-refractivity contribution in [2.45, 2.75) is 57.6 Å². The van der Waals surface area contributed by atoms with Crippen LogP contribution >= 0.6 is 0 Å². The summed E-state index contributed by atoms with van der Waals surface area (Å²) in [6, 6.07) is 6.13. The second kappa shape index (κ2) is 10.1. The first-order valence-corrected chi connectivity index (χ1v) is 13.0. The summed E-state index contributed by atoms with van der Waals surface area (Å²) in [5.74, 6) is -1.25. The van der Waals surface area contributed by atoms with Crippen molar-refractivity contribution in [3.8, 4) is 11.3 Å². The molecule has 1 unspecified atom stereocenters. The molecule has 5 heterocycles. The molecule has 192 valence electrons. The Bertz CT molecular complexity index is 1410. The fraction of sp³-hybridized carbons (Fsp3) is 0.429. The number of rotatable bonds is 4.